The normalized spacial score (nSPS) is 21.8. The fourth-order valence-corrected chi connectivity index (χ4v) is 3.45. The van der Waals surface area contributed by atoms with E-state index in [1.54, 1.807) is 6.07 Å². The molecule has 158 valence electrons. The highest BCUT2D eigenvalue weighted by atomic mass is 127. The summed E-state index contributed by atoms with van der Waals surface area (Å²) in [6.07, 6.45) is 7.71. The summed E-state index contributed by atoms with van der Waals surface area (Å²) in [6, 6.07) is 7.21. The van der Waals surface area contributed by atoms with E-state index < -0.39 is 0 Å². The number of terminal acetylenes is 1. The molecule has 0 saturated carbocycles. The van der Waals surface area contributed by atoms with Crippen molar-refractivity contribution in [1.29, 1.82) is 0 Å². The largest absolute Gasteiger partial charge is 0.375 e. The van der Waals surface area contributed by atoms with Crippen molar-refractivity contribution in [3.05, 3.63) is 29.8 Å². The van der Waals surface area contributed by atoms with E-state index in [9.17, 15) is 4.79 Å². The third kappa shape index (κ3) is 6.87. The van der Waals surface area contributed by atoms with Gasteiger partial charge in [0, 0.05) is 37.5 Å². The molecule has 0 aromatic heterocycles. The molecule has 0 bridgehead atoms. The van der Waals surface area contributed by atoms with Crippen molar-refractivity contribution in [2.45, 2.75) is 32.0 Å². The molecule has 2 aliphatic rings. The molecule has 29 heavy (non-hydrogen) atoms. The van der Waals surface area contributed by atoms with Gasteiger partial charge in [-0.3, -0.25) is 4.79 Å². The number of rotatable bonds is 5. The Labute approximate surface area is 189 Å². The Morgan fingerprint density at radius 2 is 2.17 bits per heavy atom. The number of carbonyl (C=O) groups excluding carboxylic acids is 1. The van der Waals surface area contributed by atoms with Crippen LogP contribution in [0.1, 0.15) is 25.3 Å². The summed E-state index contributed by atoms with van der Waals surface area (Å²) in [5.41, 5.74) is 1.40. The fourth-order valence-electron chi connectivity index (χ4n) is 3.45. The molecule has 3 rings (SSSR count). The van der Waals surface area contributed by atoms with Crippen molar-refractivity contribution < 1.29 is 14.3 Å². The molecule has 2 heterocycles. The smallest absolute Gasteiger partial charge is 0.246 e. The maximum absolute atomic E-state index is 12.3. The summed E-state index contributed by atoms with van der Waals surface area (Å²) < 4.78 is 11.7. The number of halogens is 1. The highest BCUT2D eigenvalue weighted by molar-refractivity contribution is 14.0. The standard InChI is InChI=1S/C21H28N4O3.HI/c1-3-16-7-5-8-17(13-16)24-20(26)14-23-21(22-4-2)25-10-12-28-19(15-25)18-9-6-11-27-18;/h1,5,7-8,13,18-19H,4,6,9-12,14-15H2,2H3,(H,22,23)(H,24,26);1H. The lowest BCUT2D eigenvalue weighted by Crippen LogP contribution is -2.53. The molecule has 1 aromatic rings. The topological polar surface area (TPSA) is 75.2 Å². The van der Waals surface area contributed by atoms with Crippen LogP contribution in [0.5, 0.6) is 0 Å². The highest BCUT2D eigenvalue weighted by Crippen LogP contribution is 2.21. The highest BCUT2D eigenvalue weighted by Gasteiger charge is 2.32. The maximum atomic E-state index is 12.3. The molecule has 0 radical (unpaired) electrons. The van der Waals surface area contributed by atoms with Crippen LogP contribution in [0.15, 0.2) is 29.3 Å². The molecular weight excluding hydrogens is 483 g/mol. The zero-order valence-electron chi connectivity index (χ0n) is 16.7. The van der Waals surface area contributed by atoms with Crippen LogP contribution in [0.25, 0.3) is 0 Å². The van der Waals surface area contributed by atoms with E-state index >= 15 is 0 Å². The molecule has 1 amide bonds. The van der Waals surface area contributed by atoms with Crippen molar-refractivity contribution in [2.75, 3.05) is 44.7 Å². The molecule has 0 spiro atoms. The first-order valence-corrected chi connectivity index (χ1v) is 9.82. The van der Waals surface area contributed by atoms with Crippen LogP contribution in [-0.2, 0) is 14.3 Å². The second-order valence-corrected chi connectivity index (χ2v) is 6.85. The molecule has 2 saturated heterocycles. The molecule has 7 nitrogen and oxygen atoms in total. The number of morpholine rings is 1. The Kier molecular flexibility index (Phi) is 9.70. The molecule has 0 aliphatic carbocycles. The average Bonchev–Trinajstić information content (AvgIpc) is 3.26. The van der Waals surface area contributed by atoms with E-state index in [0.717, 1.165) is 44.1 Å². The van der Waals surface area contributed by atoms with Gasteiger partial charge in [0.2, 0.25) is 5.91 Å². The number of guanidine groups is 1. The van der Waals surface area contributed by atoms with Gasteiger partial charge in [-0.05, 0) is 38.0 Å². The van der Waals surface area contributed by atoms with Gasteiger partial charge in [0.15, 0.2) is 5.96 Å². The molecule has 2 aliphatic heterocycles. The number of hydrogen-bond donors (Lipinski definition) is 2. The maximum Gasteiger partial charge on any atom is 0.246 e. The number of ether oxygens (including phenoxy) is 2. The molecular formula is C21H29IN4O3. The first kappa shape index (κ1) is 23.4. The Morgan fingerprint density at radius 3 is 2.90 bits per heavy atom. The third-order valence-corrected chi connectivity index (χ3v) is 4.79. The van der Waals surface area contributed by atoms with Crippen molar-refractivity contribution in [3.8, 4) is 12.3 Å². The van der Waals surface area contributed by atoms with Gasteiger partial charge in [0.1, 0.15) is 12.6 Å². The van der Waals surface area contributed by atoms with Crippen LogP contribution in [0.2, 0.25) is 0 Å². The van der Waals surface area contributed by atoms with Gasteiger partial charge in [-0.2, -0.15) is 0 Å². The number of carbonyl (C=O) groups is 1. The molecule has 2 atom stereocenters. The first-order chi connectivity index (χ1) is 13.7. The summed E-state index contributed by atoms with van der Waals surface area (Å²) in [4.78, 5) is 19.0. The zero-order chi connectivity index (χ0) is 19.8. The van der Waals surface area contributed by atoms with E-state index in [0.29, 0.717) is 18.8 Å². The van der Waals surface area contributed by atoms with E-state index in [-0.39, 0.29) is 48.6 Å². The van der Waals surface area contributed by atoms with Crippen LogP contribution < -0.4 is 10.6 Å². The lowest BCUT2D eigenvalue weighted by molar-refractivity contribution is -0.114. The minimum absolute atomic E-state index is 0. The Morgan fingerprint density at radius 1 is 1.34 bits per heavy atom. The summed E-state index contributed by atoms with van der Waals surface area (Å²) in [5.74, 6) is 3.10. The number of hydrogen-bond acceptors (Lipinski definition) is 4. The predicted octanol–water partition coefficient (Wildman–Crippen LogP) is 2.07. The molecule has 2 fully saturated rings. The molecule has 8 heteroatoms. The van der Waals surface area contributed by atoms with Crippen LogP contribution >= 0.6 is 24.0 Å². The number of nitrogens with zero attached hydrogens (tertiary/aromatic N) is 2. The van der Waals surface area contributed by atoms with E-state index in [1.165, 1.54) is 0 Å². The molecule has 2 unspecified atom stereocenters. The molecule has 1 aromatic carbocycles. The second-order valence-electron chi connectivity index (χ2n) is 6.85. The lowest BCUT2D eigenvalue weighted by atomic mass is 10.1. The Hall–Kier alpha value is -1.83. The number of anilines is 1. The van der Waals surface area contributed by atoms with Crippen LogP contribution in [0, 0.1) is 12.3 Å². The molecule has 2 N–H and O–H groups in total. The van der Waals surface area contributed by atoms with E-state index in [1.807, 2.05) is 25.1 Å². The summed E-state index contributed by atoms with van der Waals surface area (Å²) in [6.45, 7) is 5.65. The van der Waals surface area contributed by atoms with E-state index in [2.05, 4.69) is 26.4 Å². The summed E-state index contributed by atoms with van der Waals surface area (Å²) in [7, 11) is 0. The quantitative estimate of drug-likeness (QED) is 0.274. The minimum Gasteiger partial charge on any atom is -0.375 e. The van der Waals surface area contributed by atoms with Gasteiger partial charge in [0.05, 0.1) is 12.7 Å². The van der Waals surface area contributed by atoms with Gasteiger partial charge in [-0.1, -0.05) is 12.0 Å². The zero-order valence-corrected chi connectivity index (χ0v) is 19.1. The van der Waals surface area contributed by atoms with Crippen molar-refractivity contribution in [3.63, 3.8) is 0 Å². The Balaban J connectivity index is 0.00000300. The number of nitrogens with one attached hydrogen (secondary N) is 2. The van der Waals surface area contributed by atoms with Crippen LogP contribution in [0.3, 0.4) is 0 Å². The minimum atomic E-state index is -0.187. The second kappa shape index (κ2) is 12.0. The van der Waals surface area contributed by atoms with Crippen LogP contribution in [0.4, 0.5) is 5.69 Å². The number of benzene rings is 1. The predicted molar refractivity (Wildman–Crippen MR) is 125 cm³/mol. The van der Waals surface area contributed by atoms with Crippen molar-refractivity contribution in [2.24, 2.45) is 4.99 Å². The monoisotopic (exact) mass is 512 g/mol. The van der Waals surface area contributed by atoms with Crippen molar-refractivity contribution in [1.82, 2.24) is 10.2 Å². The van der Waals surface area contributed by atoms with Gasteiger partial charge in [0.25, 0.3) is 0 Å². The first-order valence-electron chi connectivity index (χ1n) is 9.82. The summed E-state index contributed by atoms with van der Waals surface area (Å²) >= 11 is 0. The van der Waals surface area contributed by atoms with Gasteiger partial charge in [-0.15, -0.1) is 30.4 Å². The SMILES string of the molecule is C#Cc1cccc(NC(=O)CN=C(NCC)N2CCOC(C3CCCO3)C2)c1.I. The van der Waals surface area contributed by atoms with Crippen LogP contribution in [-0.4, -0.2) is 68.4 Å². The Bertz CT molecular complexity index is 744. The average molecular weight is 512 g/mol. The van der Waals surface area contributed by atoms with E-state index in [4.69, 9.17) is 15.9 Å². The van der Waals surface area contributed by atoms with Gasteiger partial charge in [-0.25, -0.2) is 4.99 Å². The van der Waals surface area contributed by atoms with Gasteiger partial charge < -0.3 is 25.0 Å². The summed E-state index contributed by atoms with van der Waals surface area (Å²) in [5, 5.41) is 6.11. The lowest BCUT2D eigenvalue weighted by Gasteiger charge is -2.37. The third-order valence-electron chi connectivity index (χ3n) is 4.79. The number of amides is 1. The van der Waals surface area contributed by atoms with Crippen molar-refractivity contribution >= 4 is 41.5 Å². The fraction of sp³-hybridized carbons (Fsp3) is 0.524. The number of aliphatic imine (C=N–C) groups is 1. The van der Waals surface area contributed by atoms with Gasteiger partial charge >= 0.3 is 0 Å².